The summed E-state index contributed by atoms with van der Waals surface area (Å²) >= 11 is 0. The minimum atomic E-state index is 0.392. The predicted octanol–water partition coefficient (Wildman–Crippen LogP) is 1.85. The fraction of sp³-hybridized carbons (Fsp3) is 0.500. The fourth-order valence-corrected chi connectivity index (χ4v) is 2.31. The summed E-state index contributed by atoms with van der Waals surface area (Å²) in [4.78, 5) is 0. The maximum absolute atomic E-state index is 9.34. The van der Waals surface area contributed by atoms with Gasteiger partial charge in [-0.15, -0.1) is 0 Å². The summed E-state index contributed by atoms with van der Waals surface area (Å²) in [5.41, 5.74) is 8.23. The molecule has 0 aromatic heterocycles. The van der Waals surface area contributed by atoms with Crippen molar-refractivity contribution >= 4 is 0 Å². The molecular formula is C12H17NO. The third-order valence-corrected chi connectivity index (χ3v) is 3.02. The van der Waals surface area contributed by atoms with Crippen molar-refractivity contribution in [1.82, 2.24) is 0 Å². The Balaban J connectivity index is 2.03. The van der Waals surface area contributed by atoms with Gasteiger partial charge < -0.3 is 10.8 Å². The molecule has 76 valence electrons. The lowest BCUT2D eigenvalue weighted by atomic mass is 10.0. The number of hydrogen-bond donors (Lipinski definition) is 2. The van der Waals surface area contributed by atoms with Gasteiger partial charge in [-0.25, -0.2) is 0 Å². The van der Waals surface area contributed by atoms with E-state index in [-0.39, 0.29) is 0 Å². The van der Waals surface area contributed by atoms with Gasteiger partial charge in [0.2, 0.25) is 0 Å². The molecule has 0 saturated carbocycles. The number of rotatable bonds is 3. The van der Waals surface area contributed by atoms with E-state index in [1.165, 1.54) is 17.5 Å². The number of fused-ring (bicyclic) bond motifs is 1. The van der Waals surface area contributed by atoms with Gasteiger partial charge in [0.25, 0.3) is 0 Å². The number of hydrogen-bond acceptors (Lipinski definition) is 2. The van der Waals surface area contributed by atoms with E-state index in [0.29, 0.717) is 5.75 Å². The molecule has 1 atom stereocenters. The van der Waals surface area contributed by atoms with Gasteiger partial charge in [-0.1, -0.05) is 6.07 Å². The predicted molar refractivity (Wildman–Crippen MR) is 57.3 cm³/mol. The van der Waals surface area contributed by atoms with Crippen LogP contribution in [-0.4, -0.2) is 11.7 Å². The Morgan fingerprint density at radius 3 is 2.86 bits per heavy atom. The molecule has 0 spiro atoms. The molecular weight excluding hydrogens is 174 g/mol. The zero-order valence-corrected chi connectivity index (χ0v) is 8.37. The molecule has 2 nitrogen and oxygen atoms in total. The van der Waals surface area contributed by atoms with E-state index < -0.39 is 0 Å². The van der Waals surface area contributed by atoms with Gasteiger partial charge in [0, 0.05) is 0 Å². The number of phenols is 1. The quantitative estimate of drug-likeness (QED) is 0.766. The number of aromatic hydroxyl groups is 1. The van der Waals surface area contributed by atoms with Gasteiger partial charge in [0.05, 0.1) is 0 Å². The molecule has 0 heterocycles. The Morgan fingerprint density at radius 1 is 1.29 bits per heavy atom. The van der Waals surface area contributed by atoms with Crippen molar-refractivity contribution in [2.24, 2.45) is 11.7 Å². The largest absolute Gasteiger partial charge is 0.508 e. The van der Waals surface area contributed by atoms with Crippen LogP contribution in [-0.2, 0) is 12.8 Å². The second kappa shape index (κ2) is 4.01. The monoisotopic (exact) mass is 191 g/mol. The Bertz CT molecular complexity index is 322. The van der Waals surface area contributed by atoms with Crippen molar-refractivity contribution in [2.75, 3.05) is 6.54 Å². The van der Waals surface area contributed by atoms with Gasteiger partial charge in [-0.2, -0.15) is 0 Å². The lowest BCUT2D eigenvalue weighted by Crippen LogP contribution is -2.05. The zero-order chi connectivity index (χ0) is 9.97. The summed E-state index contributed by atoms with van der Waals surface area (Å²) in [5.74, 6) is 1.14. The fourth-order valence-electron chi connectivity index (χ4n) is 2.31. The van der Waals surface area contributed by atoms with Crippen LogP contribution in [0.1, 0.15) is 24.0 Å². The smallest absolute Gasteiger partial charge is 0.115 e. The molecule has 2 heteroatoms. The van der Waals surface area contributed by atoms with Crippen molar-refractivity contribution in [1.29, 1.82) is 0 Å². The highest BCUT2D eigenvalue weighted by atomic mass is 16.3. The lowest BCUT2D eigenvalue weighted by molar-refractivity contribution is 0.473. The topological polar surface area (TPSA) is 46.2 Å². The van der Waals surface area contributed by atoms with Crippen LogP contribution in [0.15, 0.2) is 18.2 Å². The molecule has 0 radical (unpaired) electrons. The van der Waals surface area contributed by atoms with Crippen molar-refractivity contribution in [2.45, 2.75) is 25.7 Å². The van der Waals surface area contributed by atoms with Gasteiger partial charge in [-0.05, 0) is 61.4 Å². The first-order chi connectivity index (χ1) is 6.79. The minimum absolute atomic E-state index is 0.392. The lowest BCUT2D eigenvalue weighted by Gasteiger charge is -2.06. The SMILES string of the molecule is NCCCC1Cc2ccc(O)cc2C1. The molecule has 0 saturated heterocycles. The standard InChI is InChI=1S/C12H17NO/c13-5-1-2-9-6-10-3-4-12(14)8-11(10)7-9/h3-4,8-9,14H,1-2,5-7,13H2. The van der Waals surface area contributed by atoms with E-state index in [2.05, 4.69) is 0 Å². The molecule has 0 amide bonds. The van der Waals surface area contributed by atoms with E-state index in [1.807, 2.05) is 12.1 Å². The molecule has 1 aliphatic carbocycles. The number of nitrogens with two attached hydrogens (primary N) is 1. The van der Waals surface area contributed by atoms with Crippen LogP contribution in [0.2, 0.25) is 0 Å². The Kier molecular flexibility index (Phi) is 2.73. The molecule has 0 aliphatic heterocycles. The summed E-state index contributed by atoms with van der Waals surface area (Å²) in [6.45, 7) is 0.790. The first-order valence-corrected chi connectivity index (χ1v) is 5.30. The van der Waals surface area contributed by atoms with Gasteiger partial charge >= 0.3 is 0 Å². The Morgan fingerprint density at radius 2 is 2.07 bits per heavy atom. The van der Waals surface area contributed by atoms with Crippen LogP contribution in [0.4, 0.5) is 0 Å². The summed E-state index contributed by atoms with van der Waals surface area (Å²) < 4.78 is 0. The molecule has 1 aliphatic rings. The van der Waals surface area contributed by atoms with Crippen LogP contribution < -0.4 is 5.73 Å². The molecule has 14 heavy (non-hydrogen) atoms. The van der Waals surface area contributed by atoms with Gasteiger partial charge in [0.1, 0.15) is 5.75 Å². The van der Waals surface area contributed by atoms with Crippen LogP contribution >= 0.6 is 0 Å². The maximum Gasteiger partial charge on any atom is 0.115 e. The molecule has 1 aromatic rings. The van der Waals surface area contributed by atoms with Crippen molar-refractivity contribution < 1.29 is 5.11 Å². The second-order valence-corrected chi connectivity index (χ2v) is 4.16. The average molecular weight is 191 g/mol. The highest BCUT2D eigenvalue weighted by Gasteiger charge is 2.20. The maximum atomic E-state index is 9.34. The zero-order valence-electron chi connectivity index (χ0n) is 8.37. The van der Waals surface area contributed by atoms with Crippen molar-refractivity contribution in [3.8, 4) is 5.75 Å². The molecule has 0 fully saturated rings. The molecule has 0 bridgehead atoms. The van der Waals surface area contributed by atoms with Crippen LogP contribution in [0, 0.1) is 5.92 Å². The van der Waals surface area contributed by atoms with Gasteiger partial charge in [-0.3, -0.25) is 0 Å². The van der Waals surface area contributed by atoms with Crippen molar-refractivity contribution in [3.63, 3.8) is 0 Å². The molecule has 1 unspecified atom stereocenters. The normalized spacial score (nSPS) is 19.6. The summed E-state index contributed by atoms with van der Waals surface area (Å²) in [5, 5.41) is 9.34. The van der Waals surface area contributed by atoms with Crippen LogP contribution in [0.5, 0.6) is 5.75 Å². The molecule has 3 N–H and O–H groups in total. The van der Waals surface area contributed by atoms with Crippen LogP contribution in [0.3, 0.4) is 0 Å². The van der Waals surface area contributed by atoms with E-state index in [1.54, 1.807) is 6.07 Å². The van der Waals surface area contributed by atoms with E-state index in [0.717, 1.165) is 31.7 Å². The summed E-state index contributed by atoms with van der Waals surface area (Å²) in [6.07, 6.45) is 4.61. The number of phenolic OH excluding ortho intramolecular Hbond substituents is 1. The van der Waals surface area contributed by atoms with Crippen LogP contribution in [0.25, 0.3) is 0 Å². The minimum Gasteiger partial charge on any atom is -0.508 e. The highest BCUT2D eigenvalue weighted by Crippen LogP contribution is 2.31. The molecule has 1 aromatic carbocycles. The number of benzene rings is 1. The average Bonchev–Trinajstić information content (AvgIpc) is 2.56. The van der Waals surface area contributed by atoms with Gasteiger partial charge in [0.15, 0.2) is 0 Å². The first kappa shape index (κ1) is 9.53. The highest BCUT2D eigenvalue weighted by molar-refractivity contribution is 5.38. The van der Waals surface area contributed by atoms with Crippen molar-refractivity contribution in [3.05, 3.63) is 29.3 Å². The Hall–Kier alpha value is -1.02. The Labute approximate surface area is 84.7 Å². The van der Waals surface area contributed by atoms with E-state index in [9.17, 15) is 5.11 Å². The summed E-state index contributed by atoms with van der Waals surface area (Å²) in [6, 6.07) is 5.73. The first-order valence-electron chi connectivity index (χ1n) is 5.30. The second-order valence-electron chi connectivity index (χ2n) is 4.16. The van der Waals surface area contributed by atoms with E-state index >= 15 is 0 Å². The van der Waals surface area contributed by atoms with E-state index in [4.69, 9.17) is 5.73 Å². The summed E-state index contributed by atoms with van der Waals surface area (Å²) in [7, 11) is 0. The third kappa shape index (κ3) is 1.90. The third-order valence-electron chi connectivity index (χ3n) is 3.02. The molecule has 2 rings (SSSR count).